The van der Waals surface area contributed by atoms with Gasteiger partial charge in [0.15, 0.2) is 11.5 Å². The van der Waals surface area contributed by atoms with Crippen LogP contribution in [0.2, 0.25) is 5.02 Å². The first-order valence-electron chi connectivity index (χ1n) is 14.2. The topological polar surface area (TPSA) is 154 Å². The van der Waals surface area contributed by atoms with Crippen molar-refractivity contribution in [2.75, 3.05) is 51.9 Å². The minimum Gasteiger partial charge on any atom is -0.493 e. The van der Waals surface area contributed by atoms with E-state index in [1.54, 1.807) is 7.11 Å². The number of hydrogen-bond donors (Lipinski definition) is 2. The number of ether oxygens (including phenoxy) is 3. The van der Waals surface area contributed by atoms with Crippen molar-refractivity contribution < 1.29 is 29.3 Å². The van der Waals surface area contributed by atoms with Crippen molar-refractivity contribution >= 4 is 39.7 Å². The maximum absolute atomic E-state index is 8.36. The SMILES string of the molecule is COc1cc2ncnc(Nc3ccc(C(C)=NOCc4ccc(Cl)cc4)cc3)c2cc1OCCCN1CCOCC1.O=[N+]([O-])O. The highest BCUT2D eigenvalue weighted by Gasteiger charge is 2.14. The van der Waals surface area contributed by atoms with E-state index in [4.69, 9.17) is 46.0 Å². The van der Waals surface area contributed by atoms with Gasteiger partial charge < -0.3 is 29.6 Å². The number of methoxy groups -OCH3 is 1. The van der Waals surface area contributed by atoms with Gasteiger partial charge in [-0.15, -0.1) is 10.1 Å². The van der Waals surface area contributed by atoms with Crippen molar-refractivity contribution in [2.24, 2.45) is 5.16 Å². The molecule has 1 aliphatic heterocycles. The molecule has 0 bridgehead atoms. The molecule has 45 heavy (non-hydrogen) atoms. The van der Waals surface area contributed by atoms with Crippen LogP contribution in [-0.2, 0) is 16.2 Å². The molecule has 0 aliphatic carbocycles. The van der Waals surface area contributed by atoms with Gasteiger partial charge in [0, 0.05) is 41.8 Å². The van der Waals surface area contributed by atoms with Crippen LogP contribution in [-0.4, -0.2) is 77.4 Å². The smallest absolute Gasteiger partial charge is 0.291 e. The zero-order valence-electron chi connectivity index (χ0n) is 25.0. The van der Waals surface area contributed by atoms with Crippen LogP contribution in [0.4, 0.5) is 11.5 Å². The van der Waals surface area contributed by atoms with Gasteiger partial charge in [-0.1, -0.05) is 41.0 Å². The molecule has 14 heteroatoms. The largest absolute Gasteiger partial charge is 0.493 e. The molecule has 2 N–H and O–H groups in total. The van der Waals surface area contributed by atoms with E-state index in [9.17, 15) is 0 Å². The second-order valence-electron chi connectivity index (χ2n) is 9.92. The third-order valence-electron chi connectivity index (χ3n) is 6.81. The first-order valence-corrected chi connectivity index (χ1v) is 14.6. The van der Waals surface area contributed by atoms with E-state index >= 15 is 0 Å². The van der Waals surface area contributed by atoms with Crippen LogP contribution in [0.5, 0.6) is 11.5 Å². The molecule has 1 aliphatic rings. The Bertz CT molecular complexity index is 1560. The lowest BCUT2D eigenvalue weighted by atomic mass is 10.1. The van der Waals surface area contributed by atoms with Gasteiger partial charge in [-0.05, 0) is 54.8 Å². The Hall–Kier alpha value is -4.72. The average molecular weight is 639 g/mol. The number of oxime groups is 1. The lowest BCUT2D eigenvalue weighted by Crippen LogP contribution is -2.37. The van der Waals surface area contributed by atoms with Gasteiger partial charge >= 0.3 is 0 Å². The predicted molar refractivity (Wildman–Crippen MR) is 170 cm³/mol. The summed E-state index contributed by atoms with van der Waals surface area (Å²) in [6.45, 7) is 7.38. The van der Waals surface area contributed by atoms with Gasteiger partial charge in [-0.3, -0.25) is 4.90 Å². The molecule has 1 aromatic heterocycles. The molecule has 238 valence electrons. The lowest BCUT2D eigenvalue weighted by molar-refractivity contribution is -0.742. The quantitative estimate of drug-likeness (QED) is 0.0846. The number of nitrogens with zero attached hydrogens (tertiary/aromatic N) is 5. The Morgan fingerprint density at radius 2 is 1.82 bits per heavy atom. The summed E-state index contributed by atoms with van der Waals surface area (Å²) in [5.74, 6) is 1.99. The van der Waals surface area contributed by atoms with Gasteiger partial charge in [0.25, 0.3) is 5.09 Å². The molecule has 1 saturated heterocycles. The van der Waals surface area contributed by atoms with E-state index in [1.807, 2.05) is 67.6 Å². The van der Waals surface area contributed by atoms with Gasteiger partial charge in [-0.25, -0.2) is 9.97 Å². The Labute approximate surface area is 265 Å². The first kappa shape index (κ1) is 33.2. The summed E-state index contributed by atoms with van der Waals surface area (Å²) >= 11 is 5.94. The number of morpholine rings is 1. The summed E-state index contributed by atoms with van der Waals surface area (Å²) in [7, 11) is 1.64. The van der Waals surface area contributed by atoms with Gasteiger partial charge in [0.1, 0.15) is 18.8 Å². The maximum atomic E-state index is 8.36. The fourth-order valence-electron chi connectivity index (χ4n) is 4.50. The molecule has 13 nitrogen and oxygen atoms in total. The van der Waals surface area contributed by atoms with E-state index in [0.717, 1.165) is 72.7 Å². The average Bonchev–Trinajstić information content (AvgIpc) is 3.04. The van der Waals surface area contributed by atoms with Crippen LogP contribution in [0.1, 0.15) is 24.5 Å². The fraction of sp³-hybridized carbons (Fsp3) is 0.323. The van der Waals surface area contributed by atoms with Crippen molar-refractivity contribution in [2.45, 2.75) is 20.0 Å². The Morgan fingerprint density at radius 3 is 2.51 bits per heavy atom. The Balaban J connectivity index is 0.00000109. The van der Waals surface area contributed by atoms with Crippen molar-refractivity contribution in [1.82, 2.24) is 14.9 Å². The van der Waals surface area contributed by atoms with E-state index < -0.39 is 5.09 Å². The number of rotatable bonds is 12. The molecule has 1 fully saturated rings. The number of hydrogen-bond acceptors (Lipinski definition) is 11. The van der Waals surface area contributed by atoms with Crippen molar-refractivity contribution in [3.63, 3.8) is 0 Å². The van der Waals surface area contributed by atoms with Crippen molar-refractivity contribution in [1.29, 1.82) is 0 Å². The maximum Gasteiger partial charge on any atom is 0.291 e. The van der Waals surface area contributed by atoms with Crippen LogP contribution in [0.15, 0.2) is 72.1 Å². The van der Waals surface area contributed by atoms with E-state index in [2.05, 4.69) is 25.3 Å². The van der Waals surface area contributed by atoms with Crippen LogP contribution >= 0.6 is 11.6 Å². The zero-order chi connectivity index (χ0) is 32.0. The minimum absolute atomic E-state index is 0.374. The van der Waals surface area contributed by atoms with E-state index in [-0.39, 0.29) is 0 Å². The fourth-order valence-corrected chi connectivity index (χ4v) is 4.63. The highest BCUT2D eigenvalue weighted by atomic mass is 35.5. The number of aromatic nitrogens is 2. The van der Waals surface area contributed by atoms with Crippen molar-refractivity contribution in [3.05, 3.63) is 93.3 Å². The van der Waals surface area contributed by atoms with Crippen LogP contribution in [0.25, 0.3) is 10.9 Å². The molecule has 4 aromatic rings. The normalized spacial score (nSPS) is 13.4. The molecule has 0 unspecified atom stereocenters. The molecular weight excluding hydrogens is 604 g/mol. The molecule has 0 spiro atoms. The van der Waals surface area contributed by atoms with Crippen molar-refractivity contribution in [3.8, 4) is 11.5 Å². The van der Waals surface area contributed by atoms with E-state index in [0.29, 0.717) is 35.6 Å². The second-order valence-corrected chi connectivity index (χ2v) is 10.4. The van der Waals surface area contributed by atoms with Gasteiger partial charge in [-0.2, -0.15) is 0 Å². The third kappa shape index (κ3) is 10.4. The summed E-state index contributed by atoms with van der Waals surface area (Å²) in [6, 6.07) is 19.3. The molecule has 5 rings (SSSR count). The Kier molecular flexibility index (Phi) is 12.5. The number of fused-ring (bicyclic) bond motifs is 1. The molecule has 0 atom stereocenters. The van der Waals surface area contributed by atoms with Crippen LogP contribution in [0.3, 0.4) is 0 Å². The van der Waals surface area contributed by atoms with Gasteiger partial charge in [0.2, 0.25) is 0 Å². The zero-order valence-corrected chi connectivity index (χ0v) is 25.8. The molecule has 0 saturated carbocycles. The predicted octanol–water partition coefficient (Wildman–Crippen LogP) is 5.73. The number of halogens is 1. The highest BCUT2D eigenvalue weighted by molar-refractivity contribution is 6.30. The standard InChI is InChI=1S/C31H34ClN5O4.HNO3/c1-22(36-41-20-23-4-8-25(32)9-5-23)24-6-10-26(11-7-24)35-31-27-18-30(29(38-2)19-28(27)33-21-34-31)40-15-3-12-37-13-16-39-17-14-37;2-1(3)4/h4-11,18-19,21H,3,12-17,20H2,1-2H3,(H,33,34,35);(H,2,3,4). The lowest BCUT2D eigenvalue weighted by Gasteiger charge is -2.26. The summed E-state index contributed by atoms with van der Waals surface area (Å²) in [6.07, 6.45) is 2.45. The summed E-state index contributed by atoms with van der Waals surface area (Å²) in [4.78, 5) is 25.2. The van der Waals surface area contributed by atoms with Crippen LogP contribution in [0, 0.1) is 10.1 Å². The monoisotopic (exact) mass is 638 g/mol. The third-order valence-corrected chi connectivity index (χ3v) is 7.06. The second kappa shape index (κ2) is 16.9. The van der Waals surface area contributed by atoms with Gasteiger partial charge in [0.05, 0.1) is 38.2 Å². The molecule has 0 amide bonds. The van der Waals surface area contributed by atoms with E-state index in [1.165, 1.54) is 6.33 Å². The number of anilines is 2. The minimum atomic E-state index is -1.50. The number of benzene rings is 3. The summed E-state index contributed by atoms with van der Waals surface area (Å²) in [5.41, 5.74) is 4.38. The number of nitrogens with one attached hydrogen (secondary N) is 1. The first-order chi connectivity index (χ1) is 21.8. The molecule has 3 aromatic carbocycles. The Morgan fingerprint density at radius 1 is 1.11 bits per heavy atom. The molecular formula is C31H35ClN6O7. The highest BCUT2D eigenvalue weighted by Crippen LogP contribution is 2.35. The summed E-state index contributed by atoms with van der Waals surface area (Å²) in [5, 5.41) is 22.8. The van der Waals surface area contributed by atoms with Crippen LogP contribution < -0.4 is 14.8 Å². The molecule has 0 radical (unpaired) electrons. The summed E-state index contributed by atoms with van der Waals surface area (Å²) < 4.78 is 17.2. The molecule has 2 heterocycles.